The number of hydrogen-bond acceptors (Lipinski definition) is 3. The van der Waals surface area contributed by atoms with Gasteiger partial charge in [-0.25, -0.2) is 4.79 Å². The topological polar surface area (TPSA) is 35.5 Å². The van der Waals surface area contributed by atoms with Crippen LogP contribution in [0, 0.1) is 0 Å². The number of rotatable bonds is 11. The molecule has 0 radical (unpaired) electrons. The zero-order valence-electron chi connectivity index (χ0n) is 14.4. The van der Waals surface area contributed by atoms with Gasteiger partial charge in [0, 0.05) is 0 Å². The van der Waals surface area contributed by atoms with Crippen LogP contribution in [0.4, 0.5) is 0 Å². The van der Waals surface area contributed by atoms with Crippen LogP contribution >= 0.6 is 17.8 Å². The average Bonchev–Trinajstić information content (AvgIpc) is 2.39. The van der Waals surface area contributed by atoms with E-state index in [9.17, 15) is 4.79 Å². The first-order valence-corrected chi connectivity index (χ1v) is 10.2. The fourth-order valence-electron chi connectivity index (χ4n) is 1.86. The summed E-state index contributed by atoms with van der Waals surface area (Å²) in [5.74, 6) is -0.0690. The lowest BCUT2D eigenvalue weighted by Gasteiger charge is -2.25. The molecule has 0 rings (SSSR count). The minimum absolute atomic E-state index is 0.189. The summed E-state index contributed by atoms with van der Waals surface area (Å²) < 4.78 is 11.2. The van der Waals surface area contributed by atoms with Gasteiger partial charge in [-0.05, 0) is 59.3 Å². The fraction of sp³-hybridized carbons (Fsp3) is 0.938. The first-order valence-electron chi connectivity index (χ1n) is 8.12. The van der Waals surface area contributed by atoms with Crippen molar-refractivity contribution in [3.05, 3.63) is 0 Å². The van der Waals surface area contributed by atoms with Crippen LogP contribution < -0.4 is 0 Å². The standard InChI is InChI=1S/C16H34O3P2/c1-6-14(21-12-10-8-7-9-11-20)18-13(2)15(17)19-16(3,4)5/h13-14,21H,6-12,20H2,1-5H3. The van der Waals surface area contributed by atoms with Gasteiger partial charge in [0.25, 0.3) is 0 Å². The van der Waals surface area contributed by atoms with Crippen molar-refractivity contribution in [3.8, 4) is 0 Å². The van der Waals surface area contributed by atoms with Gasteiger partial charge in [-0.3, -0.25) is 0 Å². The van der Waals surface area contributed by atoms with Crippen molar-refractivity contribution in [3.63, 3.8) is 0 Å². The van der Waals surface area contributed by atoms with Gasteiger partial charge in [0.1, 0.15) is 5.60 Å². The third kappa shape index (κ3) is 12.5. The zero-order chi connectivity index (χ0) is 16.3. The molecule has 4 atom stereocenters. The van der Waals surface area contributed by atoms with Crippen LogP contribution in [-0.2, 0) is 14.3 Å². The molecule has 0 aromatic rings. The van der Waals surface area contributed by atoms with Gasteiger partial charge in [0.2, 0.25) is 0 Å². The maximum atomic E-state index is 11.9. The SMILES string of the molecule is CCC(OC(C)C(=O)OC(C)(C)C)PCCCCCCP. The Labute approximate surface area is 135 Å². The first-order chi connectivity index (χ1) is 9.80. The van der Waals surface area contributed by atoms with Crippen LogP contribution in [0.1, 0.15) is 66.7 Å². The van der Waals surface area contributed by atoms with E-state index < -0.39 is 11.7 Å². The molecule has 0 fully saturated rings. The van der Waals surface area contributed by atoms with Crippen LogP contribution in [0.3, 0.4) is 0 Å². The normalized spacial score (nSPS) is 15.3. The van der Waals surface area contributed by atoms with E-state index >= 15 is 0 Å². The van der Waals surface area contributed by atoms with E-state index in [0.29, 0.717) is 0 Å². The van der Waals surface area contributed by atoms with E-state index in [4.69, 9.17) is 9.47 Å². The molecule has 5 heteroatoms. The Morgan fingerprint density at radius 3 is 2.33 bits per heavy atom. The number of carbonyl (C=O) groups excluding carboxylic acids is 1. The van der Waals surface area contributed by atoms with Crippen molar-refractivity contribution in [2.75, 3.05) is 12.3 Å². The molecule has 0 N–H and O–H groups in total. The van der Waals surface area contributed by atoms with Crippen LogP contribution in [0.25, 0.3) is 0 Å². The lowest BCUT2D eigenvalue weighted by atomic mass is 10.2. The van der Waals surface area contributed by atoms with Gasteiger partial charge in [0.15, 0.2) is 6.10 Å². The lowest BCUT2D eigenvalue weighted by molar-refractivity contribution is -0.168. The predicted octanol–water partition coefficient (Wildman–Crippen LogP) is 4.58. The molecule has 0 bridgehead atoms. The Morgan fingerprint density at radius 2 is 1.81 bits per heavy atom. The summed E-state index contributed by atoms with van der Waals surface area (Å²) in [4.78, 5) is 11.9. The number of unbranched alkanes of at least 4 members (excludes halogenated alkanes) is 3. The summed E-state index contributed by atoms with van der Waals surface area (Å²) in [7, 11) is 3.55. The second-order valence-corrected chi connectivity index (χ2v) is 8.50. The van der Waals surface area contributed by atoms with Gasteiger partial charge in [-0.1, -0.05) is 28.3 Å². The summed E-state index contributed by atoms with van der Waals surface area (Å²) in [6, 6.07) is 0. The van der Waals surface area contributed by atoms with Crippen LogP contribution in [0.5, 0.6) is 0 Å². The second-order valence-electron chi connectivity index (χ2n) is 6.37. The maximum absolute atomic E-state index is 11.9. The predicted molar refractivity (Wildman–Crippen MR) is 96.7 cm³/mol. The number of esters is 1. The molecule has 0 saturated heterocycles. The lowest BCUT2D eigenvalue weighted by Crippen LogP contribution is -2.33. The Kier molecular flexibility index (Phi) is 12.0. The van der Waals surface area contributed by atoms with Crippen molar-refractivity contribution >= 4 is 23.8 Å². The summed E-state index contributed by atoms with van der Waals surface area (Å²) in [5, 5.41) is 0. The summed E-state index contributed by atoms with van der Waals surface area (Å²) in [6.07, 6.45) is 8.09. The Morgan fingerprint density at radius 1 is 1.19 bits per heavy atom. The van der Waals surface area contributed by atoms with Crippen molar-refractivity contribution in [1.29, 1.82) is 0 Å². The second kappa shape index (κ2) is 11.8. The van der Waals surface area contributed by atoms with Crippen molar-refractivity contribution in [1.82, 2.24) is 0 Å². The van der Waals surface area contributed by atoms with Crippen LogP contribution in [-0.4, -0.2) is 35.8 Å². The molecule has 21 heavy (non-hydrogen) atoms. The maximum Gasteiger partial charge on any atom is 0.335 e. The highest BCUT2D eigenvalue weighted by atomic mass is 31.1. The third-order valence-electron chi connectivity index (χ3n) is 2.98. The Balaban J connectivity index is 3.93. The molecule has 4 unspecified atom stereocenters. The summed E-state index contributed by atoms with van der Waals surface area (Å²) >= 11 is 0. The van der Waals surface area contributed by atoms with Crippen molar-refractivity contribution in [2.24, 2.45) is 0 Å². The number of hydrogen-bond donors (Lipinski definition) is 0. The van der Waals surface area contributed by atoms with Gasteiger partial charge in [-0.15, -0.1) is 9.24 Å². The summed E-state index contributed by atoms with van der Waals surface area (Å²) in [5.41, 5.74) is -0.448. The minimum Gasteiger partial charge on any atom is -0.458 e. The van der Waals surface area contributed by atoms with E-state index in [1.54, 1.807) is 6.92 Å². The Bertz CT molecular complexity index is 277. The van der Waals surface area contributed by atoms with Crippen LogP contribution in [0.15, 0.2) is 0 Å². The molecule has 3 nitrogen and oxygen atoms in total. The van der Waals surface area contributed by atoms with Gasteiger partial charge < -0.3 is 9.47 Å². The van der Waals surface area contributed by atoms with Gasteiger partial charge in [-0.2, -0.15) is 0 Å². The average molecular weight is 336 g/mol. The molecule has 0 saturated carbocycles. The van der Waals surface area contributed by atoms with E-state index in [-0.39, 0.29) is 11.8 Å². The zero-order valence-corrected chi connectivity index (χ0v) is 16.6. The van der Waals surface area contributed by atoms with Gasteiger partial charge in [0.05, 0.1) is 5.85 Å². The molecule has 0 aliphatic rings. The molecule has 126 valence electrons. The third-order valence-corrected chi connectivity index (χ3v) is 5.03. The molecular formula is C16H34O3P2. The monoisotopic (exact) mass is 336 g/mol. The van der Waals surface area contributed by atoms with E-state index in [1.807, 2.05) is 20.8 Å². The Hall–Kier alpha value is 0.290. The highest BCUT2D eigenvalue weighted by Crippen LogP contribution is 2.26. The molecule has 0 amide bonds. The van der Waals surface area contributed by atoms with E-state index in [0.717, 1.165) is 15.0 Å². The molecule has 0 aromatic carbocycles. The smallest absolute Gasteiger partial charge is 0.335 e. The van der Waals surface area contributed by atoms with Crippen LogP contribution in [0.2, 0.25) is 0 Å². The number of carbonyl (C=O) groups is 1. The highest BCUT2D eigenvalue weighted by molar-refractivity contribution is 7.38. The van der Waals surface area contributed by atoms with Crippen molar-refractivity contribution < 1.29 is 14.3 Å². The van der Waals surface area contributed by atoms with E-state index in [2.05, 4.69) is 16.2 Å². The highest BCUT2D eigenvalue weighted by Gasteiger charge is 2.24. The first kappa shape index (κ1) is 21.3. The quantitative estimate of drug-likeness (QED) is 0.315. The number of ether oxygens (including phenoxy) is 2. The summed E-state index contributed by atoms with van der Waals surface area (Å²) in [6.45, 7) is 9.55. The molecule has 0 aromatic heterocycles. The molecule has 0 spiro atoms. The minimum atomic E-state index is -0.473. The molecule has 0 aliphatic heterocycles. The molecule has 0 aliphatic carbocycles. The van der Waals surface area contributed by atoms with Crippen molar-refractivity contribution in [2.45, 2.75) is 84.3 Å². The van der Waals surface area contributed by atoms with E-state index in [1.165, 1.54) is 38.0 Å². The molecule has 0 heterocycles. The van der Waals surface area contributed by atoms with Gasteiger partial charge >= 0.3 is 5.97 Å². The largest absolute Gasteiger partial charge is 0.458 e. The fourth-order valence-corrected chi connectivity index (χ4v) is 3.52. The molecular weight excluding hydrogens is 302 g/mol.